The van der Waals surface area contributed by atoms with Gasteiger partial charge in [-0.05, 0) is 0 Å². The minimum absolute atomic E-state index is 0.0165. The molecule has 1 aliphatic rings. The van der Waals surface area contributed by atoms with Gasteiger partial charge >= 0.3 is 7.82 Å². The fraction of sp³-hybridized carbons (Fsp3) is 0.417. The fourth-order valence-corrected chi connectivity index (χ4v) is 2.96. The number of nitrogens with zero attached hydrogens (tertiary/aromatic N) is 3. The Hall–Kier alpha value is -2.26. The number of nitrogens with two attached hydrogens (primary N) is 1. The van der Waals surface area contributed by atoms with Crippen LogP contribution in [0.5, 0.6) is 0 Å². The van der Waals surface area contributed by atoms with Gasteiger partial charge in [0.25, 0.3) is 5.56 Å². The number of terminal acetylenes is 1. The summed E-state index contributed by atoms with van der Waals surface area (Å²) in [7, 11) is -4.73. The summed E-state index contributed by atoms with van der Waals surface area (Å²) < 4.78 is 22.1. The van der Waals surface area contributed by atoms with Crippen molar-refractivity contribution in [2.45, 2.75) is 18.4 Å². The van der Waals surface area contributed by atoms with Crippen LogP contribution in [0.1, 0.15) is 6.23 Å². The third-order valence-corrected chi connectivity index (χ3v) is 4.18. The molecule has 12 nitrogen and oxygen atoms in total. The molecule has 1 aliphatic heterocycles. The number of hydrogen-bond donors (Lipinski definition) is 5. The van der Waals surface area contributed by atoms with Crippen LogP contribution in [-0.4, -0.2) is 53.2 Å². The monoisotopic (exact) mass is 371 g/mol. The van der Waals surface area contributed by atoms with E-state index in [0.29, 0.717) is 0 Å². The first-order valence-electron chi connectivity index (χ1n) is 6.93. The topological polar surface area (TPSA) is 186 Å². The van der Waals surface area contributed by atoms with Crippen LogP contribution < -0.4 is 11.3 Å². The van der Waals surface area contributed by atoms with E-state index in [1.165, 1.54) is 10.9 Å². The Labute approximate surface area is 139 Å². The lowest BCUT2D eigenvalue weighted by atomic mass is 9.99. The van der Waals surface area contributed by atoms with Gasteiger partial charge in [0.05, 0.1) is 18.9 Å². The lowest BCUT2D eigenvalue weighted by Crippen LogP contribution is -2.27. The van der Waals surface area contributed by atoms with E-state index in [1.807, 2.05) is 0 Å². The number of phosphoric ester groups is 1. The zero-order chi connectivity index (χ0) is 18.4. The largest absolute Gasteiger partial charge is 0.469 e. The molecule has 0 bridgehead atoms. The molecule has 0 spiro atoms. The first kappa shape index (κ1) is 17.6. The Morgan fingerprint density at radius 1 is 1.56 bits per heavy atom. The van der Waals surface area contributed by atoms with Gasteiger partial charge in [0.1, 0.15) is 12.2 Å². The highest BCUT2D eigenvalue weighted by molar-refractivity contribution is 7.46. The average molecular weight is 371 g/mol. The Bertz CT molecular complexity index is 943. The summed E-state index contributed by atoms with van der Waals surface area (Å²) in [6.07, 6.45) is 3.26. The number of nitrogens with one attached hydrogen (secondary N) is 1. The number of aromatic amines is 1. The average Bonchev–Trinajstić information content (AvgIpc) is 3.05. The molecule has 13 heteroatoms. The summed E-state index contributed by atoms with van der Waals surface area (Å²) in [4.78, 5) is 39.6. The summed E-state index contributed by atoms with van der Waals surface area (Å²) in [5, 5.41) is 10.4. The van der Waals surface area contributed by atoms with Gasteiger partial charge in [-0.25, -0.2) is 9.55 Å². The van der Waals surface area contributed by atoms with Crippen molar-refractivity contribution in [1.29, 1.82) is 0 Å². The third-order valence-electron chi connectivity index (χ3n) is 3.70. The second-order valence-corrected chi connectivity index (χ2v) is 6.55. The van der Waals surface area contributed by atoms with Crippen LogP contribution in [0.15, 0.2) is 11.1 Å². The summed E-state index contributed by atoms with van der Waals surface area (Å²) in [5.74, 6) is 1.25. The normalized spacial score (nSPS) is 26.8. The number of aliphatic hydroxyl groups is 1. The molecule has 4 atom stereocenters. The van der Waals surface area contributed by atoms with Gasteiger partial charge in [-0.2, -0.15) is 4.98 Å². The molecule has 0 unspecified atom stereocenters. The van der Waals surface area contributed by atoms with Crippen LogP contribution in [0.2, 0.25) is 0 Å². The SMILES string of the molecule is C#C[C@H]1[C@@H](O)[C@H](n2cnc3c(=O)[nH]c(N)nc32)O[C@@H]1COP(=O)(O)O. The number of nitrogen functional groups attached to an aromatic ring is 1. The summed E-state index contributed by atoms with van der Waals surface area (Å²) in [6.45, 7) is -0.532. The molecule has 0 aromatic carbocycles. The second-order valence-electron chi connectivity index (χ2n) is 5.31. The molecular formula is C12H14N5O7P. The van der Waals surface area contributed by atoms with E-state index >= 15 is 0 Å². The maximum atomic E-state index is 11.8. The van der Waals surface area contributed by atoms with Crippen LogP contribution in [-0.2, 0) is 13.8 Å². The highest BCUT2D eigenvalue weighted by Gasteiger charge is 2.45. The number of ether oxygens (including phenoxy) is 1. The van der Waals surface area contributed by atoms with Crippen LogP contribution in [0, 0.1) is 18.3 Å². The van der Waals surface area contributed by atoms with Gasteiger partial charge in [-0.15, -0.1) is 6.42 Å². The van der Waals surface area contributed by atoms with E-state index in [1.54, 1.807) is 0 Å². The minimum Gasteiger partial charge on any atom is -0.387 e. The van der Waals surface area contributed by atoms with Crippen LogP contribution in [0.3, 0.4) is 0 Å². The molecule has 0 saturated carbocycles. The zero-order valence-corrected chi connectivity index (χ0v) is 13.4. The van der Waals surface area contributed by atoms with E-state index in [2.05, 4.69) is 25.4 Å². The highest BCUT2D eigenvalue weighted by Crippen LogP contribution is 2.40. The first-order chi connectivity index (χ1) is 11.7. The van der Waals surface area contributed by atoms with Crippen molar-refractivity contribution >= 4 is 24.9 Å². The quantitative estimate of drug-likeness (QED) is 0.307. The maximum absolute atomic E-state index is 11.8. The van der Waals surface area contributed by atoms with Crippen molar-refractivity contribution in [2.24, 2.45) is 5.92 Å². The Morgan fingerprint density at radius 3 is 2.92 bits per heavy atom. The maximum Gasteiger partial charge on any atom is 0.469 e. The molecule has 2 aromatic rings. The zero-order valence-electron chi connectivity index (χ0n) is 12.5. The number of aromatic nitrogens is 4. The third kappa shape index (κ3) is 3.29. The van der Waals surface area contributed by atoms with Crippen LogP contribution in [0.25, 0.3) is 11.2 Å². The van der Waals surface area contributed by atoms with Gasteiger partial charge in [0.2, 0.25) is 5.95 Å². The van der Waals surface area contributed by atoms with Gasteiger partial charge in [0, 0.05) is 0 Å². The number of anilines is 1. The van der Waals surface area contributed by atoms with Gasteiger partial charge < -0.3 is 25.4 Å². The molecule has 0 radical (unpaired) electrons. The van der Waals surface area contributed by atoms with Crippen molar-refractivity contribution in [1.82, 2.24) is 19.5 Å². The van der Waals surface area contributed by atoms with E-state index in [0.717, 1.165) is 0 Å². The molecule has 2 aromatic heterocycles. The lowest BCUT2D eigenvalue weighted by Gasteiger charge is -2.16. The number of imidazole rings is 1. The number of aliphatic hydroxyl groups excluding tert-OH is 1. The Kier molecular flexibility index (Phi) is 4.38. The molecule has 3 rings (SSSR count). The molecule has 0 aliphatic carbocycles. The molecule has 3 heterocycles. The minimum atomic E-state index is -4.73. The number of fused-ring (bicyclic) bond motifs is 1. The van der Waals surface area contributed by atoms with Crippen molar-refractivity contribution in [3.8, 4) is 12.3 Å². The summed E-state index contributed by atoms with van der Waals surface area (Å²) in [6, 6.07) is 0. The number of H-pyrrole nitrogens is 1. The standard InChI is InChI=1S/C12H14N5O7P/c1-2-5-6(3-23-25(20,21)22)24-11(8(5)18)17-4-14-7-9(17)15-12(13)16-10(7)19/h1,4-6,8,11,18H,3H2,(H2,20,21,22)(H3,13,15,16,19)/t5-,6-,8-,11-/m1/s1. The van der Waals surface area contributed by atoms with Crippen LogP contribution >= 0.6 is 7.82 Å². The first-order valence-corrected chi connectivity index (χ1v) is 8.46. The van der Waals surface area contributed by atoms with Gasteiger partial charge in [-0.1, -0.05) is 5.92 Å². The molecule has 0 amide bonds. The Morgan fingerprint density at radius 2 is 2.28 bits per heavy atom. The van der Waals surface area contributed by atoms with Crippen molar-refractivity contribution < 1.29 is 28.7 Å². The predicted octanol–water partition coefficient (Wildman–Crippen LogP) is -1.68. The second kappa shape index (κ2) is 6.23. The van der Waals surface area contributed by atoms with Crippen molar-refractivity contribution in [3.05, 3.63) is 16.7 Å². The molecule has 134 valence electrons. The van der Waals surface area contributed by atoms with E-state index in [4.69, 9.17) is 26.7 Å². The molecule has 1 saturated heterocycles. The van der Waals surface area contributed by atoms with E-state index in [-0.39, 0.29) is 17.1 Å². The van der Waals surface area contributed by atoms with Gasteiger partial charge in [-0.3, -0.25) is 18.9 Å². The van der Waals surface area contributed by atoms with Crippen molar-refractivity contribution in [3.63, 3.8) is 0 Å². The summed E-state index contributed by atoms with van der Waals surface area (Å²) in [5.41, 5.74) is 5.00. The molecule has 1 fully saturated rings. The fourth-order valence-electron chi connectivity index (χ4n) is 2.62. The van der Waals surface area contributed by atoms with Crippen LogP contribution in [0.4, 0.5) is 5.95 Å². The summed E-state index contributed by atoms with van der Waals surface area (Å²) >= 11 is 0. The number of phosphoric acid groups is 1. The molecule has 6 N–H and O–H groups in total. The number of rotatable bonds is 4. The highest BCUT2D eigenvalue weighted by atomic mass is 31.2. The number of hydrogen-bond acceptors (Lipinski definition) is 8. The molecule has 25 heavy (non-hydrogen) atoms. The lowest BCUT2D eigenvalue weighted by molar-refractivity contribution is -0.0484. The smallest absolute Gasteiger partial charge is 0.387 e. The van der Waals surface area contributed by atoms with E-state index in [9.17, 15) is 14.5 Å². The van der Waals surface area contributed by atoms with Gasteiger partial charge in [0.15, 0.2) is 17.4 Å². The molecular weight excluding hydrogens is 357 g/mol. The van der Waals surface area contributed by atoms with E-state index < -0.39 is 44.3 Å². The van der Waals surface area contributed by atoms with Crippen molar-refractivity contribution in [2.75, 3.05) is 12.3 Å². The Balaban J connectivity index is 1.94. The predicted molar refractivity (Wildman–Crippen MR) is 82.8 cm³/mol.